The van der Waals surface area contributed by atoms with Crippen molar-refractivity contribution in [3.8, 4) is 5.75 Å². The van der Waals surface area contributed by atoms with Gasteiger partial charge in [-0.3, -0.25) is 0 Å². The summed E-state index contributed by atoms with van der Waals surface area (Å²) in [5, 5.41) is 3.46. The molecule has 0 saturated heterocycles. The Morgan fingerprint density at radius 2 is 1.95 bits per heavy atom. The van der Waals surface area contributed by atoms with E-state index in [2.05, 4.69) is 37.5 Å². The molecule has 0 spiro atoms. The van der Waals surface area contributed by atoms with Gasteiger partial charge in [-0.2, -0.15) is 0 Å². The number of ether oxygens (including phenoxy) is 1. The first-order valence-corrected chi connectivity index (χ1v) is 8.76. The SMILES string of the molecule is CCC1CCC(NC)C(Oc2ccc3c(c2)CCCC3)C1. The van der Waals surface area contributed by atoms with Crippen LogP contribution in [0, 0.1) is 5.92 Å². The van der Waals surface area contributed by atoms with E-state index >= 15 is 0 Å². The zero-order valence-electron chi connectivity index (χ0n) is 13.5. The van der Waals surface area contributed by atoms with E-state index in [-0.39, 0.29) is 0 Å². The van der Waals surface area contributed by atoms with Crippen LogP contribution in [-0.4, -0.2) is 19.2 Å². The molecule has 3 atom stereocenters. The van der Waals surface area contributed by atoms with E-state index in [1.807, 2.05) is 0 Å². The lowest BCUT2D eigenvalue weighted by Gasteiger charge is -2.36. The van der Waals surface area contributed by atoms with E-state index in [9.17, 15) is 0 Å². The first-order valence-electron chi connectivity index (χ1n) is 8.76. The fraction of sp³-hybridized carbons (Fsp3) is 0.684. The van der Waals surface area contributed by atoms with Gasteiger partial charge in [0.2, 0.25) is 0 Å². The molecule has 1 N–H and O–H groups in total. The Labute approximate surface area is 129 Å². The van der Waals surface area contributed by atoms with Crippen molar-refractivity contribution in [2.75, 3.05) is 7.05 Å². The van der Waals surface area contributed by atoms with Crippen LogP contribution in [0.25, 0.3) is 0 Å². The molecule has 3 unspecified atom stereocenters. The van der Waals surface area contributed by atoms with Crippen molar-refractivity contribution < 1.29 is 4.74 Å². The normalized spacial score (nSPS) is 29.0. The van der Waals surface area contributed by atoms with E-state index in [0.717, 1.165) is 11.7 Å². The summed E-state index contributed by atoms with van der Waals surface area (Å²) in [6.45, 7) is 2.31. The van der Waals surface area contributed by atoms with Gasteiger partial charge in [0, 0.05) is 6.04 Å². The molecule has 0 amide bonds. The topological polar surface area (TPSA) is 21.3 Å². The van der Waals surface area contributed by atoms with Gasteiger partial charge in [-0.1, -0.05) is 19.4 Å². The van der Waals surface area contributed by atoms with Gasteiger partial charge in [0.05, 0.1) is 0 Å². The van der Waals surface area contributed by atoms with E-state index < -0.39 is 0 Å². The van der Waals surface area contributed by atoms with Gasteiger partial charge in [-0.15, -0.1) is 0 Å². The van der Waals surface area contributed by atoms with Crippen LogP contribution in [0.2, 0.25) is 0 Å². The molecule has 1 aromatic rings. The highest BCUT2D eigenvalue weighted by Gasteiger charge is 2.30. The molecule has 116 valence electrons. The second kappa shape index (κ2) is 6.83. The highest BCUT2D eigenvalue weighted by atomic mass is 16.5. The number of likely N-dealkylation sites (N-methyl/N-ethyl adjacent to an activating group) is 1. The summed E-state index contributed by atoms with van der Waals surface area (Å²) in [6, 6.07) is 7.28. The molecule has 1 fully saturated rings. The fourth-order valence-corrected chi connectivity index (χ4v) is 4.00. The molecule has 0 aliphatic heterocycles. The lowest BCUT2D eigenvalue weighted by atomic mass is 9.82. The minimum Gasteiger partial charge on any atom is -0.489 e. The van der Waals surface area contributed by atoms with Crippen LogP contribution < -0.4 is 10.1 Å². The zero-order chi connectivity index (χ0) is 14.7. The number of rotatable bonds is 4. The molecule has 2 nitrogen and oxygen atoms in total. The Hall–Kier alpha value is -1.02. The number of hydrogen-bond donors (Lipinski definition) is 1. The lowest BCUT2D eigenvalue weighted by Crippen LogP contribution is -2.45. The molecular formula is C19H29NO. The van der Waals surface area contributed by atoms with Gasteiger partial charge < -0.3 is 10.1 Å². The quantitative estimate of drug-likeness (QED) is 0.900. The Balaban J connectivity index is 1.71. The first kappa shape index (κ1) is 14.9. The van der Waals surface area contributed by atoms with Crippen LogP contribution in [-0.2, 0) is 12.8 Å². The van der Waals surface area contributed by atoms with Crippen molar-refractivity contribution in [3.63, 3.8) is 0 Å². The predicted octanol–water partition coefficient (Wildman–Crippen LogP) is 4.11. The van der Waals surface area contributed by atoms with Gasteiger partial charge in [-0.05, 0) is 81.2 Å². The molecule has 2 aliphatic rings. The number of fused-ring (bicyclic) bond motifs is 1. The van der Waals surface area contributed by atoms with E-state index in [4.69, 9.17) is 4.74 Å². The number of hydrogen-bond acceptors (Lipinski definition) is 2. The van der Waals surface area contributed by atoms with Crippen LogP contribution in [0.4, 0.5) is 0 Å². The Morgan fingerprint density at radius 1 is 1.14 bits per heavy atom. The Kier molecular flexibility index (Phi) is 4.84. The first-order chi connectivity index (χ1) is 10.3. The molecule has 0 radical (unpaired) electrons. The summed E-state index contributed by atoms with van der Waals surface area (Å²) >= 11 is 0. The maximum absolute atomic E-state index is 6.39. The second-order valence-corrected chi connectivity index (χ2v) is 6.78. The van der Waals surface area contributed by atoms with Crippen LogP contribution in [0.15, 0.2) is 18.2 Å². The van der Waals surface area contributed by atoms with Crippen molar-refractivity contribution in [1.29, 1.82) is 0 Å². The maximum atomic E-state index is 6.39. The summed E-state index contributed by atoms with van der Waals surface area (Å²) < 4.78 is 6.39. The molecule has 0 heterocycles. The highest BCUT2D eigenvalue weighted by molar-refractivity contribution is 5.37. The summed E-state index contributed by atoms with van der Waals surface area (Å²) in [4.78, 5) is 0. The molecule has 21 heavy (non-hydrogen) atoms. The van der Waals surface area contributed by atoms with Crippen LogP contribution in [0.1, 0.15) is 56.6 Å². The molecule has 3 rings (SSSR count). The standard InChI is InChI=1S/C19H29NO/c1-3-14-8-11-18(20-2)19(12-14)21-17-10-9-15-6-4-5-7-16(15)13-17/h9-10,13-14,18-20H,3-8,11-12H2,1-2H3. The summed E-state index contributed by atoms with van der Waals surface area (Å²) in [7, 11) is 2.07. The van der Waals surface area contributed by atoms with Crippen molar-refractivity contribution >= 4 is 0 Å². The predicted molar refractivity (Wildman–Crippen MR) is 88.0 cm³/mol. The van der Waals surface area contributed by atoms with Gasteiger partial charge in [0.15, 0.2) is 0 Å². The third kappa shape index (κ3) is 3.42. The van der Waals surface area contributed by atoms with Crippen LogP contribution in [0.3, 0.4) is 0 Å². The van der Waals surface area contributed by atoms with E-state index in [1.54, 1.807) is 0 Å². The minimum atomic E-state index is 0.329. The number of nitrogens with one attached hydrogen (secondary N) is 1. The van der Waals surface area contributed by atoms with Crippen molar-refractivity contribution in [2.45, 2.75) is 70.4 Å². The third-order valence-electron chi connectivity index (χ3n) is 5.46. The Bertz CT molecular complexity index is 471. The fourth-order valence-electron chi connectivity index (χ4n) is 4.00. The zero-order valence-corrected chi connectivity index (χ0v) is 13.5. The van der Waals surface area contributed by atoms with E-state index in [1.165, 1.54) is 62.5 Å². The maximum Gasteiger partial charge on any atom is 0.120 e. The van der Waals surface area contributed by atoms with Gasteiger partial charge in [0.25, 0.3) is 0 Å². The number of benzene rings is 1. The van der Waals surface area contributed by atoms with Crippen LogP contribution in [0.5, 0.6) is 5.75 Å². The average molecular weight is 287 g/mol. The molecule has 0 aromatic heterocycles. The largest absolute Gasteiger partial charge is 0.489 e. The molecule has 1 aromatic carbocycles. The summed E-state index contributed by atoms with van der Waals surface area (Å²) in [5.74, 6) is 1.91. The van der Waals surface area contributed by atoms with Gasteiger partial charge >= 0.3 is 0 Å². The molecule has 0 bridgehead atoms. The summed E-state index contributed by atoms with van der Waals surface area (Å²) in [6.07, 6.45) is 10.5. The average Bonchev–Trinajstić information content (AvgIpc) is 2.54. The van der Waals surface area contributed by atoms with Crippen molar-refractivity contribution in [2.24, 2.45) is 5.92 Å². The highest BCUT2D eigenvalue weighted by Crippen LogP contribution is 2.31. The number of aryl methyl sites for hydroxylation is 2. The molecule has 1 saturated carbocycles. The lowest BCUT2D eigenvalue weighted by molar-refractivity contribution is 0.0882. The second-order valence-electron chi connectivity index (χ2n) is 6.78. The Morgan fingerprint density at radius 3 is 2.71 bits per heavy atom. The van der Waals surface area contributed by atoms with Crippen LogP contribution >= 0.6 is 0 Å². The van der Waals surface area contributed by atoms with Crippen molar-refractivity contribution in [1.82, 2.24) is 5.32 Å². The molecular weight excluding hydrogens is 258 g/mol. The third-order valence-corrected chi connectivity index (χ3v) is 5.46. The van der Waals surface area contributed by atoms with Crippen molar-refractivity contribution in [3.05, 3.63) is 29.3 Å². The molecule has 2 heteroatoms. The monoisotopic (exact) mass is 287 g/mol. The molecule has 2 aliphatic carbocycles. The smallest absolute Gasteiger partial charge is 0.120 e. The summed E-state index contributed by atoms with van der Waals surface area (Å²) in [5.41, 5.74) is 3.05. The van der Waals surface area contributed by atoms with Gasteiger partial charge in [0.1, 0.15) is 11.9 Å². The minimum absolute atomic E-state index is 0.329. The van der Waals surface area contributed by atoms with Gasteiger partial charge in [-0.25, -0.2) is 0 Å². The van der Waals surface area contributed by atoms with E-state index in [0.29, 0.717) is 12.1 Å².